The molecule has 0 amide bonds. The van der Waals surface area contributed by atoms with Gasteiger partial charge in [-0.2, -0.15) is 0 Å². The fraction of sp³-hybridized carbons (Fsp3) is 0.455. The number of halogens is 1. The zero-order valence-electron chi connectivity index (χ0n) is 9.19. The second-order valence-electron chi connectivity index (χ2n) is 3.57. The van der Waals surface area contributed by atoms with Gasteiger partial charge in [-0.1, -0.05) is 11.6 Å². The summed E-state index contributed by atoms with van der Waals surface area (Å²) in [6, 6.07) is 4.64. The molecular formula is C11H17ClN2O2. The van der Waals surface area contributed by atoms with E-state index in [2.05, 4.69) is 0 Å². The van der Waals surface area contributed by atoms with Crippen LogP contribution in [-0.4, -0.2) is 24.8 Å². The van der Waals surface area contributed by atoms with E-state index >= 15 is 0 Å². The van der Waals surface area contributed by atoms with Crippen molar-refractivity contribution in [1.82, 2.24) is 0 Å². The van der Waals surface area contributed by atoms with Crippen LogP contribution in [0.3, 0.4) is 0 Å². The molecule has 0 aliphatic rings. The highest BCUT2D eigenvalue weighted by Gasteiger charge is 2.20. The molecule has 16 heavy (non-hydrogen) atoms. The first-order valence-corrected chi connectivity index (χ1v) is 5.45. The third-order valence-electron chi connectivity index (χ3n) is 2.42. The van der Waals surface area contributed by atoms with Gasteiger partial charge in [0.25, 0.3) is 0 Å². The van der Waals surface area contributed by atoms with E-state index in [0.29, 0.717) is 29.3 Å². The van der Waals surface area contributed by atoms with Crippen molar-refractivity contribution < 1.29 is 9.84 Å². The minimum absolute atomic E-state index is 0.419. The van der Waals surface area contributed by atoms with Crippen LogP contribution in [-0.2, 0) is 0 Å². The van der Waals surface area contributed by atoms with Gasteiger partial charge in [-0.25, -0.2) is 0 Å². The Morgan fingerprint density at radius 3 is 2.75 bits per heavy atom. The largest absolute Gasteiger partial charge is 0.496 e. The number of ether oxygens (including phenoxy) is 1. The average molecular weight is 245 g/mol. The van der Waals surface area contributed by atoms with Crippen molar-refractivity contribution in [3.05, 3.63) is 28.8 Å². The molecule has 0 heterocycles. The standard InChI is InChI=1S/C11H17ClN2O2/c1-16-10-3-2-7(12)6-8(10)11(15)9(14)4-5-13/h2-3,6,9,11,15H,4-5,13-14H2,1H3. The molecule has 0 aromatic heterocycles. The Kier molecular flexibility index (Phi) is 5.02. The van der Waals surface area contributed by atoms with Crippen molar-refractivity contribution in [2.75, 3.05) is 13.7 Å². The van der Waals surface area contributed by atoms with Crippen molar-refractivity contribution in [2.24, 2.45) is 11.5 Å². The normalized spacial score (nSPS) is 14.6. The number of hydrogen-bond donors (Lipinski definition) is 3. The summed E-state index contributed by atoms with van der Waals surface area (Å²) in [7, 11) is 1.54. The minimum atomic E-state index is -0.822. The van der Waals surface area contributed by atoms with Crippen molar-refractivity contribution in [3.63, 3.8) is 0 Å². The van der Waals surface area contributed by atoms with Crippen LogP contribution in [0.4, 0.5) is 0 Å². The summed E-state index contributed by atoms with van der Waals surface area (Å²) in [5.74, 6) is 0.573. The summed E-state index contributed by atoms with van der Waals surface area (Å²) in [6.07, 6.45) is -0.284. The van der Waals surface area contributed by atoms with Crippen molar-refractivity contribution >= 4 is 11.6 Å². The molecule has 0 fully saturated rings. The second kappa shape index (κ2) is 6.06. The van der Waals surface area contributed by atoms with Crippen LogP contribution in [0.25, 0.3) is 0 Å². The second-order valence-corrected chi connectivity index (χ2v) is 4.01. The molecule has 5 heteroatoms. The fourth-order valence-corrected chi connectivity index (χ4v) is 1.70. The summed E-state index contributed by atoms with van der Waals surface area (Å²) in [4.78, 5) is 0. The molecule has 0 aliphatic carbocycles. The van der Waals surface area contributed by atoms with E-state index in [1.165, 1.54) is 7.11 Å². The highest BCUT2D eigenvalue weighted by Crippen LogP contribution is 2.30. The molecule has 0 saturated carbocycles. The zero-order valence-corrected chi connectivity index (χ0v) is 9.95. The average Bonchev–Trinajstić information content (AvgIpc) is 2.28. The lowest BCUT2D eigenvalue weighted by Gasteiger charge is -2.20. The van der Waals surface area contributed by atoms with Crippen LogP contribution in [0.2, 0.25) is 5.02 Å². The molecule has 1 aromatic carbocycles. The summed E-state index contributed by atoms with van der Waals surface area (Å²) in [6.45, 7) is 0.432. The Balaban J connectivity index is 2.96. The van der Waals surface area contributed by atoms with Gasteiger partial charge in [-0.05, 0) is 31.2 Å². The van der Waals surface area contributed by atoms with E-state index in [1.54, 1.807) is 18.2 Å². The third-order valence-corrected chi connectivity index (χ3v) is 2.65. The summed E-state index contributed by atoms with van der Waals surface area (Å²) in [5.41, 5.74) is 11.8. The first-order chi connectivity index (χ1) is 7.60. The van der Waals surface area contributed by atoms with Gasteiger partial charge in [0.05, 0.1) is 13.2 Å². The van der Waals surface area contributed by atoms with Crippen LogP contribution in [0, 0.1) is 0 Å². The number of rotatable bonds is 5. The monoisotopic (exact) mass is 244 g/mol. The molecule has 0 aliphatic heterocycles. The lowest BCUT2D eigenvalue weighted by Crippen LogP contribution is -2.31. The molecule has 90 valence electrons. The molecule has 5 N–H and O–H groups in total. The Morgan fingerprint density at radius 1 is 1.50 bits per heavy atom. The van der Waals surface area contributed by atoms with E-state index < -0.39 is 12.1 Å². The van der Waals surface area contributed by atoms with Gasteiger partial charge in [-0.15, -0.1) is 0 Å². The fourth-order valence-electron chi connectivity index (χ4n) is 1.52. The quantitative estimate of drug-likeness (QED) is 0.723. The van der Waals surface area contributed by atoms with Gasteiger partial charge < -0.3 is 21.3 Å². The Morgan fingerprint density at radius 2 is 2.19 bits per heavy atom. The maximum Gasteiger partial charge on any atom is 0.124 e. The first kappa shape index (κ1) is 13.3. The number of benzene rings is 1. The number of aliphatic hydroxyl groups excluding tert-OH is 1. The van der Waals surface area contributed by atoms with Gasteiger partial charge in [0, 0.05) is 16.6 Å². The topological polar surface area (TPSA) is 81.5 Å². The lowest BCUT2D eigenvalue weighted by molar-refractivity contribution is 0.139. The maximum atomic E-state index is 10.0. The predicted octanol–water partition coefficient (Wildman–Crippen LogP) is 1.06. The molecule has 1 rings (SSSR count). The van der Waals surface area contributed by atoms with Gasteiger partial charge >= 0.3 is 0 Å². The van der Waals surface area contributed by atoms with E-state index in [1.807, 2.05) is 0 Å². The van der Waals surface area contributed by atoms with E-state index in [9.17, 15) is 5.11 Å². The molecule has 0 bridgehead atoms. The van der Waals surface area contributed by atoms with Crippen LogP contribution >= 0.6 is 11.6 Å². The van der Waals surface area contributed by atoms with Crippen molar-refractivity contribution in [1.29, 1.82) is 0 Å². The van der Waals surface area contributed by atoms with Crippen molar-refractivity contribution in [2.45, 2.75) is 18.6 Å². The van der Waals surface area contributed by atoms with E-state index in [0.717, 1.165) is 0 Å². The molecular weight excluding hydrogens is 228 g/mol. The zero-order chi connectivity index (χ0) is 12.1. The Hall–Kier alpha value is -0.810. The predicted molar refractivity (Wildman–Crippen MR) is 64.6 cm³/mol. The molecule has 0 spiro atoms. The van der Waals surface area contributed by atoms with E-state index in [-0.39, 0.29) is 0 Å². The third kappa shape index (κ3) is 3.09. The van der Waals surface area contributed by atoms with Gasteiger partial charge in [0.2, 0.25) is 0 Å². The minimum Gasteiger partial charge on any atom is -0.496 e. The van der Waals surface area contributed by atoms with Crippen LogP contribution in [0.15, 0.2) is 18.2 Å². The Bertz CT molecular complexity index is 347. The number of methoxy groups -OCH3 is 1. The maximum absolute atomic E-state index is 10.0. The van der Waals surface area contributed by atoms with Gasteiger partial charge in [-0.3, -0.25) is 0 Å². The van der Waals surface area contributed by atoms with Crippen molar-refractivity contribution in [3.8, 4) is 5.75 Å². The molecule has 0 saturated heterocycles. The van der Waals surface area contributed by atoms with Crippen LogP contribution < -0.4 is 16.2 Å². The molecule has 1 aromatic rings. The van der Waals surface area contributed by atoms with Crippen LogP contribution in [0.5, 0.6) is 5.75 Å². The number of hydrogen-bond acceptors (Lipinski definition) is 4. The SMILES string of the molecule is COc1ccc(Cl)cc1C(O)C(N)CCN. The van der Waals surface area contributed by atoms with Gasteiger partial charge in [0.1, 0.15) is 5.75 Å². The molecule has 0 radical (unpaired) electrons. The number of nitrogens with two attached hydrogens (primary N) is 2. The number of aliphatic hydroxyl groups is 1. The summed E-state index contributed by atoms with van der Waals surface area (Å²) in [5, 5.41) is 10.6. The molecule has 2 atom stereocenters. The summed E-state index contributed by atoms with van der Waals surface area (Å²) < 4.78 is 5.14. The summed E-state index contributed by atoms with van der Waals surface area (Å²) >= 11 is 5.87. The van der Waals surface area contributed by atoms with Gasteiger partial charge in [0.15, 0.2) is 0 Å². The molecule has 2 unspecified atom stereocenters. The first-order valence-electron chi connectivity index (χ1n) is 5.07. The molecule has 4 nitrogen and oxygen atoms in total. The van der Waals surface area contributed by atoms with E-state index in [4.69, 9.17) is 27.8 Å². The highest BCUT2D eigenvalue weighted by molar-refractivity contribution is 6.30. The lowest BCUT2D eigenvalue weighted by atomic mass is 9.99. The smallest absolute Gasteiger partial charge is 0.124 e. The Labute approximate surface area is 100 Å². The highest BCUT2D eigenvalue weighted by atomic mass is 35.5. The van der Waals surface area contributed by atoms with Crippen LogP contribution in [0.1, 0.15) is 18.1 Å².